The Morgan fingerprint density at radius 2 is 1.49 bits per heavy atom. The maximum absolute atomic E-state index is 13.0. The van der Waals surface area contributed by atoms with Gasteiger partial charge in [-0.2, -0.15) is 0 Å². The third kappa shape index (κ3) is 13.2. The molecule has 1 fully saturated rings. The van der Waals surface area contributed by atoms with Gasteiger partial charge in [0.15, 0.2) is 0 Å². The Balaban J connectivity index is 0.000000404. The van der Waals surface area contributed by atoms with E-state index in [1.807, 2.05) is 50.2 Å². The average Bonchev–Trinajstić information content (AvgIpc) is 3.04. The van der Waals surface area contributed by atoms with E-state index < -0.39 is 49.6 Å². The van der Waals surface area contributed by atoms with Crippen LogP contribution in [0.5, 0.6) is 0 Å². The van der Waals surface area contributed by atoms with Gasteiger partial charge >= 0.3 is 19.7 Å². The standard InChI is InChI=1S/C18H20N2O4.C6H14O6.C5H13BNO2/c1-13(17(21)22)20(18(23)19-9-11-24-12-10-19)16-8-4-6-14-5-2-3-7-15(14)16;7-1-3(9)5(11)6(12)4(10)2-8;1-4(2)3-5(7)9-6-8/h2-8,13H,9-12H2,1H3,(H,21,22);3-12H,1-2H2;4-5,8H,3,7H2,1-2H3/t13-;3-,4-,5-,6-;5-/m011/s1. The van der Waals surface area contributed by atoms with E-state index in [0.717, 1.165) is 17.2 Å². The van der Waals surface area contributed by atoms with Crippen LogP contribution in [0.3, 0.4) is 0 Å². The Kier molecular flexibility index (Phi) is 18.7. The molecule has 0 saturated carbocycles. The largest absolute Gasteiger partial charge is 0.486 e. The highest BCUT2D eigenvalue weighted by molar-refractivity contribution is 6.15. The van der Waals surface area contributed by atoms with Crippen LogP contribution in [0.25, 0.3) is 10.8 Å². The first-order valence-corrected chi connectivity index (χ1v) is 14.5. The third-order valence-corrected chi connectivity index (χ3v) is 6.71. The molecule has 253 valence electrons. The number of ether oxygens (including phenoxy) is 1. The SMILES string of the molecule is CC(C)C[C@H](N)O[B]O.C[C@@H](C(=O)O)N(C(=O)N1CCOCC1)c1cccc2ccccc12.OC[C@@H](O)[C@@H](O)[C@H](O)[C@H](O)CO. The van der Waals surface area contributed by atoms with Crippen molar-refractivity contribution in [1.29, 1.82) is 0 Å². The number of fused-ring (bicyclic) bond motifs is 1. The number of carboxylic acid groups (broad SMARTS) is 1. The van der Waals surface area contributed by atoms with Crippen LogP contribution in [-0.4, -0.2) is 142 Å². The highest BCUT2D eigenvalue weighted by Gasteiger charge is 2.32. The Hall–Kier alpha value is -2.90. The highest BCUT2D eigenvalue weighted by atomic mass is 16.5. The molecule has 0 unspecified atom stereocenters. The van der Waals surface area contributed by atoms with E-state index in [2.05, 4.69) is 4.65 Å². The minimum Gasteiger partial charge on any atom is -0.480 e. The number of nitrogens with two attached hydrogens (primary N) is 1. The Morgan fingerprint density at radius 3 is 1.98 bits per heavy atom. The number of aliphatic carboxylic acids is 1. The lowest BCUT2D eigenvalue weighted by atomic mass is 10.0. The first kappa shape index (κ1) is 40.1. The summed E-state index contributed by atoms with van der Waals surface area (Å²) in [6.45, 7) is 6.03. The number of carbonyl (C=O) groups excluding carboxylic acids is 1. The van der Waals surface area contributed by atoms with Crippen molar-refractivity contribution in [1.82, 2.24) is 4.90 Å². The van der Waals surface area contributed by atoms with Crippen molar-refractivity contribution in [2.45, 2.75) is 63.9 Å². The quantitative estimate of drug-likeness (QED) is 0.0983. The van der Waals surface area contributed by atoms with Crippen LogP contribution in [0.15, 0.2) is 42.5 Å². The number of morpholine rings is 1. The van der Waals surface area contributed by atoms with E-state index in [1.54, 1.807) is 11.0 Å². The van der Waals surface area contributed by atoms with Crippen LogP contribution in [-0.2, 0) is 14.2 Å². The second kappa shape index (κ2) is 21.0. The topological polar surface area (TPSA) is 247 Å². The first-order valence-electron chi connectivity index (χ1n) is 14.5. The van der Waals surface area contributed by atoms with E-state index in [9.17, 15) is 14.7 Å². The fourth-order valence-corrected chi connectivity index (χ4v) is 4.18. The van der Waals surface area contributed by atoms with Gasteiger partial charge in [-0.1, -0.05) is 50.2 Å². The van der Waals surface area contributed by atoms with E-state index in [1.165, 1.54) is 11.8 Å². The van der Waals surface area contributed by atoms with E-state index in [0.29, 0.717) is 45.6 Å². The Bertz CT molecular complexity index is 1120. The van der Waals surface area contributed by atoms with Gasteiger partial charge < -0.3 is 60.8 Å². The fourth-order valence-electron chi connectivity index (χ4n) is 4.18. The van der Waals surface area contributed by atoms with Crippen LogP contribution in [0.2, 0.25) is 0 Å². The maximum atomic E-state index is 13.0. The number of hydrogen-bond donors (Lipinski definition) is 9. The van der Waals surface area contributed by atoms with Crippen molar-refractivity contribution in [2.75, 3.05) is 44.4 Å². The number of carboxylic acids is 1. The van der Waals surface area contributed by atoms with Crippen LogP contribution in [0.4, 0.5) is 10.5 Å². The molecule has 1 radical (unpaired) electrons. The van der Waals surface area contributed by atoms with Gasteiger partial charge in [-0.25, -0.2) is 9.59 Å². The van der Waals surface area contributed by atoms with Gasteiger partial charge in [-0.05, 0) is 30.7 Å². The van der Waals surface area contributed by atoms with E-state index in [-0.39, 0.29) is 12.3 Å². The van der Waals surface area contributed by atoms with Gasteiger partial charge in [0.1, 0.15) is 30.5 Å². The summed E-state index contributed by atoms with van der Waals surface area (Å²) in [5, 5.41) is 71.6. The summed E-state index contributed by atoms with van der Waals surface area (Å²) in [4.78, 5) is 27.6. The highest BCUT2D eigenvalue weighted by Crippen LogP contribution is 2.29. The van der Waals surface area contributed by atoms with Gasteiger partial charge in [0.25, 0.3) is 0 Å². The van der Waals surface area contributed by atoms with Gasteiger partial charge in [0.2, 0.25) is 0 Å². The molecule has 15 nitrogen and oxygen atoms in total. The van der Waals surface area contributed by atoms with Gasteiger partial charge in [-0.3, -0.25) is 4.90 Å². The smallest absolute Gasteiger partial charge is 0.480 e. The number of hydrogen-bond acceptors (Lipinski definition) is 12. The molecule has 1 saturated heterocycles. The van der Waals surface area contributed by atoms with Crippen molar-refractivity contribution in [3.63, 3.8) is 0 Å². The molecule has 16 heteroatoms. The normalized spacial score (nSPS) is 17.0. The van der Waals surface area contributed by atoms with Crippen molar-refractivity contribution in [2.24, 2.45) is 11.7 Å². The molecule has 0 aliphatic carbocycles. The van der Waals surface area contributed by atoms with Gasteiger partial charge in [0, 0.05) is 18.5 Å². The van der Waals surface area contributed by atoms with Crippen LogP contribution in [0, 0.1) is 5.92 Å². The summed E-state index contributed by atoms with van der Waals surface area (Å²) in [7, 11) is 0.632. The molecule has 0 spiro atoms. The molecule has 3 rings (SSSR count). The Labute approximate surface area is 263 Å². The lowest BCUT2D eigenvalue weighted by molar-refractivity contribution is -0.138. The number of aliphatic hydroxyl groups is 6. The lowest BCUT2D eigenvalue weighted by Gasteiger charge is -2.35. The summed E-state index contributed by atoms with van der Waals surface area (Å²) < 4.78 is 9.85. The van der Waals surface area contributed by atoms with Crippen molar-refractivity contribution < 1.29 is 59.8 Å². The molecule has 1 heterocycles. The fraction of sp³-hybridized carbons (Fsp3) is 0.586. The minimum absolute atomic E-state index is 0.301. The number of amides is 2. The van der Waals surface area contributed by atoms with E-state index in [4.69, 9.17) is 46.1 Å². The summed E-state index contributed by atoms with van der Waals surface area (Å²) in [5.41, 5.74) is 5.98. The molecular formula is C29H47BN3O12. The van der Waals surface area contributed by atoms with Crippen LogP contribution in [0.1, 0.15) is 27.2 Å². The van der Waals surface area contributed by atoms with Crippen molar-refractivity contribution in [3.05, 3.63) is 42.5 Å². The number of benzene rings is 2. The zero-order valence-corrected chi connectivity index (χ0v) is 25.8. The first-order chi connectivity index (χ1) is 21.3. The van der Waals surface area contributed by atoms with Crippen LogP contribution < -0.4 is 10.6 Å². The molecule has 2 amide bonds. The van der Waals surface area contributed by atoms with Gasteiger partial charge in [0.05, 0.1) is 38.3 Å². The Morgan fingerprint density at radius 1 is 0.956 bits per heavy atom. The molecule has 2 aromatic rings. The number of nitrogens with zero attached hydrogens (tertiary/aromatic N) is 2. The molecular weight excluding hydrogens is 593 g/mol. The number of carbonyl (C=O) groups is 2. The molecule has 0 aromatic heterocycles. The summed E-state index contributed by atoms with van der Waals surface area (Å²) in [6.07, 6.45) is -6.00. The number of urea groups is 1. The monoisotopic (exact) mass is 640 g/mol. The van der Waals surface area contributed by atoms with Crippen molar-refractivity contribution in [3.8, 4) is 0 Å². The molecule has 10 N–H and O–H groups in total. The second-order valence-corrected chi connectivity index (χ2v) is 10.7. The summed E-state index contributed by atoms with van der Waals surface area (Å²) in [6, 6.07) is 12.0. The molecule has 1 aliphatic heterocycles. The number of anilines is 1. The number of aliphatic hydroxyl groups excluding tert-OH is 6. The summed E-state index contributed by atoms with van der Waals surface area (Å²) in [5.74, 6) is -0.538. The van der Waals surface area contributed by atoms with Crippen LogP contribution >= 0.6 is 0 Å². The summed E-state index contributed by atoms with van der Waals surface area (Å²) >= 11 is 0. The zero-order valence-electron chi connectivity index (χ0n) is 25.8. The molecule has 6 atom stereocenters. The second-order valence-electron chi connectivity index (χ2n) is 10.7. The van der Waals surface area contributed by atoms with E-state index >= 15 is 0 Å². The predicted octanol–water partition coefficient (Wildman–Crippen LogP) is -1.15. The molecule has 0 bridgehead atoms. The minimum atomic E-state index is -1.67. The third-order valence-electron chi connectivity index (χ3n) is 6.71. The predicted molar refractivity (Wildman–Crippen MR) is 166 cm³/mol. The zero-order chi connectivity index (χ0) is 34.1. The average molecular weight is 641 g/mol. The van der Waals surface area contributed by atoms with Gasteiger partial charge in [-0.15, -0.1) is 0 Å². The van der Waals surface area contributed by atoms with Crippen molar-refractivity contribution >= 4 is 36.1 Å². The molecule has 1 aliphatic rings. The lowest BCUT2D eigenvalue weighted by Crippen LogP contribution is -2.53. The molecule has 2 aromatic carbocycles. The number of rotatable bonds is 12. The maximum Gasteiger partial charge on any atom is 0.486 e. The molecule has 45 heavy (non-hydrogen) atoms.